The smallest absolute Gasteiger partial charge is 0.164 e. The van der Waals surface area contributed by atoms with Crippen molar-refractivity contribution in [1.29, 1.82) is 0 Å². The maximum Gasteiger partial charge on any atom is 0.164 e. The fourth-order valence-corrected chi connectivity index (χ4v) is 0.853. The Morgan fingerprint density at radius 2 is 2.20 bits per heavy atom. The van der Waals surface area contributed by atoms with Gasteiger partial charge in [0.1, 0.15) is 0 Å². The Balaban J connectivity index is 3.04. The predicted octanol–water partition coefficient (Wildman–Crippen LogP) is 1.96. The van der Waals surface area contributed by atoms with Gasteiger partial charge < -0.3 is 5.11 Å². The van der Waals surface area contributed by atoms with Crippen molar-refractivity contribution in [1.82, 2.24) is 0 Å². The van der Waals surface area contributed by atoms with Crippen LogP contribution in [0.2, 0.25) is 0 Å². The summed E-state index contributed by atoms with van der Waals surface area (Å²) < 4.78 is 12.4. The lowest BCUT2D eigenvalue weighted by Gasteiger charge is -1.96. The molecule has 0 fully saturated rings. The van der Waals surface area contributed by atoms with E-state index in [0.717, 1.165) is 5.56 Å². The highest BCUT2D eigenvalue weighted by Crippen LogP contribution is 2.17. The van der Waals surface area contributed by atoms with E-state index in [-0.39, 0.29) is 5.75 Å². The fraction of sp³-hybridized carbons (Fsp3) is 0.143. The molecule has 1 aromatic carbocycles. The van der Waals surface area contributed by atoms with Crippen LogP contribution < -0.4 is 0 Å². The Morgan fingerprint density at radius 1 is 1.50 bits per heavy atom. The molecular formula is C7H7FOS. The third kappa shape index (κ3) is 1.42. The molecule has 0 aliphatic heterocycles. The van der Waals surface area contributed by atoms with Gasteiger partial charge in [-0.25, -0.2) is 4.39 Å². The molecule has 0 radical (unpaired) electrons. The van der Waals surface area contributed by atoms with Crippen molar-refractivity contribution < 1.29 is 9.50 Å². The fourth-order valence-electron chi connectivity index (χ4n) is 0.657. The molecular weight excluding hydrogens is 151 g/mol. The number of aromatic hydroxyl groups is 1. The molecule has 0 aliphatic rings. The zero-order valence-corrected chi connectivity index (χ0v) is 6.11. The van der Waals surface area contributed by atoms with Crippen molar-refractivity contribution in [2.45, 2.75) is 5.75 Å². The van der Waals surface area contributed by atoms with E-state index in [2.05, 4.69) is 12.6 Å². The van der Waals surface area contributed by atoms with Crippen molar-refractivity contribution in [3.05, 3.63) is 29.6 Å². The molecule has 0 heterocycles. The second-order valence-corrected chi connectivity index (χ2v) is 2.26. The number of hydrogen-bond donors (Lipinski definition) is 2. The lowest BCUT2D eigenvalue weighted by molar-refractivity contribution is 0.432. The van der Waals surface area contributed by atoms with E-state index in [4.69, 9.17) is 5.11 Å². The summed E-state index contributed by atoms with van der Waals surface area (Å²) >= 11 is 3.96. The summed E-state index contributed by atoms with van der Waals surface area (Å²) in [7, 11) is 0. The number of thiol groups is 1. The van der Waals surface area contributed by atoms with Gasteiger partial charge in [0.15, 0.2) is 11.6 Å². The van der Waals surface area contributed by atoms with Crippen LogP contribution in [0.5, 0.6) is 5.75 Å². The van der Waals surface area contributed by atoms with Crippen molar-refractivity contribution in [2.75, 3.05) is 0 Å². The Labute approximate surface area is 63.9 Å². The molecule has 1 N–H and O–H groups in total. The molecule has 0 spiro atoms. The Morgan fingerprint density at radius 3 is 2.70 bits per heavy atom. The minimum Gasteiger partial charge on any atom is -0.505 e. The molecule has 0 aromatic heterocycles. The summed E-state index contributed by atoms with van der Waals surface area (Å²) in [4.78, 5) is 0. The van der Waals surface area contributed by atoms with Gasteiger partial charge in [-0.15, -0.1) is 0 Å². The summed E-state index contributed by atoms with van der Waals surface area (Å²) in [5.41, 5.74) is 0.808. The van der Waals surface area contributed by atoms with Crippen molar-refractivity contribution in [2.24, 2.45) is 0 Å². The first kappa shape index (κ1) is 7.41. The van der Waals surface area contributed by atoms with Crippen molar-refractivity contribution in [3.63, 3.8) is 0 Å². The summed E-state index contributed by atoms with van der Waals surface area (Å²) in [6, 6.07) is 4.17. The molecule has 54 valence electrons. The molecule has 1 nitrogen and oxygen atoms in total. The van der Waals surface area contributed by atoms with E-state index >= 15 is 0 Å². The Hall–Kier alpha value is -0.700. The molecule has 0 bridgehead atoms. The molecule has 3 heteroatoms. The van der Waals surface area contributed by atoms with E-state index in [1.165, 1.54) is 12.1 Å². The Kier molecular flexibility index (Phi) is 2.17. The number of halogens is 1. The zero-order chi connectivity index (χ0) is 7.56. The van der Waals surface area contributed by atoms with Crippen molar-refractivity contribution in [3.8, 4) is 5.75 Å². The Bertz CT molecular complexity index is 237. The first-order chi connectivity index (χ1) is 4.74. The highest BCUT2D eigenvalue weighted by molar-refractivity contribution is 7.79. The van der Waals surface area contributed by atoms with E-state index < -0.39 is 5.82 Å². The van der Waals surface area contributed by atoms with Crippen LogP contribution in [-0.4, -0.2) is 5.11 Å². The van der Waals surface area contributed by atoms with Crippen molar-refractivity contribution >= 4 is 12.6 Å². The predicted molar refractivity (Wildman–Crippen MR) is 40.8 cm³/mol. The number of phenolic OH excluding ortho intramolecular Hbond substituents is 1. The van der Waals surface area contributed by atoms with Gasteiger partial charge in [-0.2, -0.15) is 12.6 Å². The largest absolute Gasteiger partial charge is 0.505 e. The van der Waals surface area contributed by atoms with Crippen LogP contribution >= 0.6 is 12.6 Å². The highest BCUT2D eigenvalue weighted by Gasteiger charge is 1.98. The van der Waals surface area contributed by atoms with Crippen LogP contribution in [0.4, 0.5) is 4.39 Å². The van der Waals surface area contributed by atoms with E-state index in [9.17, 15) is 4.39 Å². The molecule has 10 heavy (non-hydrogen) atoms. The molecule has 1 rings (SSSR count). The van der Waals surface area contributed by atoms with Gasteiger partial charge in [0, 0.05) is 5.75 Å². The SMILES string of the molecule is Oc1cc(CS)ccc1F. The maximum absolute atomic E-state index is 12.4. The van der Waals surface area contributed by atoms with Gasteiger partial charge >= 0.3 is 0 Å². The van der Waals surface area contributed by atoms with Crippen LogP contribution in [0, 0.1) is 5.82 Å². The summed E-state index contributed by atoms with van der Waals surface area (Å²) in [5, 5.41) is 8.82. The molecule has 1 aromatic rings. The lowest BCUT2D eigenvalue weighted by atomic mass is 10.2. The van der Waals surface area contributed by atoms with Gasteiger partial charge in [0.25, 0.3) is 0 Å². The second kappa shape index (κ2) is 2.92. The van der Waals surface area contributed by atoms with Gasteiger partial charge in [-0.1, -0.05) is 6.07 Å². The number of rotatable bonds is 1. The van der Waals surface area contributed by atoms with E-state index in [0.29, 0.717) is 5.75 Å². The molecule has 0 saturated carbocycles. The number of hydrogen-bond acceptors (Lipinski definition) is 2. The molecule has 0 aliphatic carbocycles. The highest BCUT2D eigenvalue weighted by atomic mass is 32.1. The third-order valence-electron chi connectivity index (χ3n) is 1.19. The first-order valence-electron chi connectivity index (χ1n) is 2.82. The molecule has 0 atom stereocenters. The van der Waals surface area contributed by atoms with Crippen LogP contribution in [-0.2, 0) is 5.75 Å². The molecule has 0 saturated heterocycles. The topological polar surface area (TPSA) is 20.2 Å². The number of phenols is 1. The maximum atomic E-state index is 12.4. The lowest BCUT2D eigenvalue weighted by Crippen LogP contribution is -1.79. The minimum absolute atomic E-state index is 0.313. The van der Waals surface area contributed by atoms with Crippen LogP contribution in [0.1, 0.15) is 5.56 Å². The average Bonchev–Trinajstić information content (AvgIpc) is 1.95. The minimum atomic E-state index is -0.592. The summed E-state index contributed by atoms with van der Waals surface area (Å²) in [6.45, 7) is 0. The van der Waals surface area contributed by atoms with Gasteiger partial charge in [-0.3, -0.25) is 0 Å². The first-order valence-corrected chi connectivity index (χ1v) is 3.45. The quantitative estimate of drug-likeness (QED) is 0.599. The monoisotopic (exact) mass is 158 g/mol. The zero-order valence-electron chi connectivity index (χ0n) is 5.21. The third-order valence-corrected chi connectivity index (χ3v) is 1.56. The molecule has 0 unspecified atom stereocenters. The van der Waals surface area contributed by atoms with Crippen LogP contribution in [0.15, 0.2) is 18.2 Å². The van der Waals surface area contributed by atoms with Crippen LogP contribution in [0.3, 0.4) is 0 Å². The van der Waals surface area contributed by atoms with Gasteiger partial charge in [0.05, 0.1) is 0 Å². The standard InChI is InChI=1S/C7H7FOS/c8-6-2-1-5(4-10)3-7(6)9/h1-3,9-10H,4H2. The average molecular weight is 158 g/mol. The summed E-state index contributed by atoms with van der Waals surface area (Å²) in [6.07, 6.45) is 0. The summed E-state index contributed by atoms with van der Waals surface area (Å²) in [5.74, 6) is -0.398. The molecule has 0 amide bonds. The normalized spacial score (nSPS) is 9.80. The van der Waals surface area contributed by atoms with Gasteiger partial charge in [-0.05, 0) is 17.7 Å². The van der Waals surface area contributed by atoms with E-state index in [1.807, 2.05) is 0 Å². The number of benzene rings is 1. The van der Waals surface area contributed by atoms with Gasteiger partial charge in [0.2, 0.25) is 0 Å². The van der Waals surface area contributed by atoms with E-state index in [1.54, 1.807) is 6.07 Å². The second-order valence-electron chi connectivity index (χ2n) is 1.94. The van der Waals surface area contributed by atoms with Crippen LogP contribution in [0.25, 0.3) is 0 Å².